The lowest BCUT2D eigenvalue weighted by Crippen LogP contribution is -2.30. The van der Waals surface area contributed by atoms with Crippen LogP contribution in [-0.4, -0.2) is 34.3 Å². The molecule has 0 bridgehead atoms. The number of carbonyl (C=O) groups excluding carboxylic acids is 2. The SMILES string of the molecule is O=C1c2ccccc2C(=O)N1CCCC[C@H]1O[C@H]1c1cc(C(F)(F)F)nc2c(C(F)(F)F)cccc12. The number of hydrogen-bond acceptors (Lipinski definition) is 4. The largest absolute Gasteiger partial charge is 0.433 e. The molecule has 3 heterocycles. The van der Waals surface area contributed by atoms with Crippen molar-refractivity contribution in [3.05, 3.63) is 76.5 Å². The number of amides is 2. The molecule has 2 amide bonds. The summed E-state index contributed by atoms with van der Waals surface area (Å²) in [6.45, 7) is 0.176. The van der Waals surface area contributed by atoms with Crippen LogP contribution in [0.2, 0.25) is 0 Å². The molecule has 36 heavy (non-hydrogen) atoms. The number of hydrogen-bond donors (Lipinski definition) is 0. The fourth-order valence-corrected chi connectivity index (χ4v) is 4.58. The number of alkyl halides is 6. The van der Waals surface area contributed by atoms with Crippen LogP contribution in [0.3, 0.4) is 0 Å². The van der Waals surface area contributed by atoms with Gasteiger partial charge in [0.15, 0.2) is 0 Å². The van der Waals surface area contributed by atoms with Crippen LogP contribution in [0.15, 0.2) is 48.5 Å². The molecule has 2 atom stereocenters. The van der Waals surface area contributed by atoms with Crippen molar-refractivity contribution >= 4 is 22.7 Å². The van der Waals surface area contributed by atoms with Gasteiger partial charge in [-0.2, -0.15) is 26.3 Å². The van der Waals surface area contributed by atoms with Crippen LogP contribution in [0.1, 0.15) is 62.9 Å². The van der Waals surface area contributed by atoms with E-state index in [4.69, 9.17) is 4.74 Å². The highest BCUT2D eigenvalue weighted by Gasteiger charge is 2.44. The minimum atomic E-state index is -4.93. The van der Waals surface area contributed by atoms with Crippen LogP contribution in [0.5, 0.6) is 0 Å². The Balaban J connectivity index is 1.28. The third-order valence-corrected chi connectivity index (χ3v) is 6.35. The topological polar surface area (TPSA) is 62.8 Å². The van der Waals surface area contributed by atoms with E-state index in [9.17, 15) is 35.9 Å². The van der Waals surface area contributed by atoms with E-state index in [0.29, 0.717) is 36.5 Å². The molecule has 3 aromatic rings. The number of imide groups is 1. The fourth-order valence-electron chi connectivity index (χ4n) is 4.58. The second-order valence-electron chi connectivity index (χ2n) is 8.69. The average molecular weight is 508 g/mol. The number of unbranched alkanes of at least 4 members (excludes halogenated alkanes) is 1. The van der Waals surface area contributed by atoms with Crippen molar-refractivity contribution in [3.63, 3.8) is 0 Å². The van der Waals surface area contributed by atoms with Crippen LogP contribution >= 0.6 is 0 Å². The summed E-state index contributed by atoms with van der Waals surface area (Å²) in [5.41, 5.74) is -2.74. The van der Waals surface area contributed by atoms with Crippen molar-refractivity contribution in [1.29, 1.82) is 0 Å². The number of carbonyl (C=O) groups is 2. The van der Waals surface area contributed by atoms with Crippen LogP contribution in [-0.2, 0) is 17.1 Å². The molecular weight excluding hydrogens is 490 g/mol. The molecule has 2 aliphatic rings. The van der Waals surface area contributed by atoms with Gasteiger partial charge < -0.3 is 4.74 Å². The van der Waals surface area contributed by atoms with Crippen LogP contribution in [0.25, 0.3) is 10.9 Å². The van der Waals surface area contributed by atoms with Crippen molar-refractivity contribution in [2.45, 2.75) is 43.8 Å². The Morgan fingerprint density at radius 1 is 0.861 bits per heavy atom. The monoisotopic (exact) mass is 508 g/mol. The summed E-state index contributed by atoms with van der Waals surface area (Å²) in [5, 5.41) is -0.0450. The molecule has 2 aromatic carbocycles. The molecule has 0 aliphatic carbocycles. The third kappa shape index (κ3) is 4.32. The fraction of sp³-hybridized carbons (Fsp3) is 0.320. The van der Waals surface area contributed by atoms with Gasteiger partial charge in [0, 0.05) is 11.9 Å². The van der Waals surface area contributed by atoms with Gasteiger partial charge in [0.2, 0.25) is 0 Å². The first-order chi connectivity index (χ1) is 17.0. The molecule has 0 radical (unpaired) electrons. The summed E-state index contributed by atoms with van der Waals surface area (Å²) in [6, 6.07) is 10.4. The Bertz CT molecular complexity index is 1330. The van der Waals surface area contributed by atoms with Gasteiger partial charge in [-0.05, 0) is 49.1 Å². The maximum atomic E-state index is 13.4. The number of benzene rings is 2. The second kappa shape index (κ2) is 8.58. The Labute approximate surface area is 200 Å². The molecule has 0 N–H and O–H groups in total. The minimum Gasteiger partial charge on any atom is -0.364 e. The van der Waals surface area contributed by atoms with Gasteiger partial charge in [0.25, 0.3) is 11.8 Å². The van der Waals surface area contributed by atoms with Crippen molar-refractivity contribution < 1.29 is 40.7 Å². The van der Waals surface area contributed by atoms with E-state index in [2.05, 4.69) is 4.98 Å². The molecule has 11 heteroatoms. The number of halogens is 6. The molecule has 1 saturated heterocycles. The number of epoxide rings is 1. The predicted octanol–water partition coefficient (Wildman–Crippen LogP) is 6.18. The summed E-state index contributed by atoms with van der Waals surface area (Å²) in [6.07, 6.45) is -9.76. The van der Waals surface area contributed by atoms with E-state index in [1.165, 1.54) is 6.07 Å². The van der Waals surface area contributed by atoms with E-state index in [-0.39, 0.29) is 29.3 Å². The van der Waals surface area contributed by atoms with E-state index in [1.807, 2.05) is 0 Å². The first-order valence-electron chi connectivity index (χ1n) is 11.2. The van der Waals surface area contributed by atoms with Crippen molar-refractivity contribution in [1.82, 2.24) is 9.88 Å². The normalized spacial score (nSPS) is 19.8. The van der Waals surface area contributed by atoms with Gasteiger partial charge in [-0.1, -0.05) is 24.3 Å². The average Bonchev–Trinajstić information content (AvgIpc) is 3.55. The second-order valence-corrected chi connectivity index (χ2v) is 8.69. The van der Waals surface area contributed by atoms with E-state index in [0.717, 1.165) is 17.0 Å². The summed E-state index contributed by atoms with van der Waals surface area (Å²) >= 11 is 0. The number of aromatic nitrogens is 1. The first-order valence-corrected chi connectivity index (χ1v) is 11.2. The standard InChI is InChI=1S/C25H18F6N2O3/c26-24(27,28)17-9-5-8-13-16(12-19(25(29,30)31)32-20(13)17)21-18(36-21)10-3-4-11-33-22(34)14-6-1-2-7-15(14)23(33)35/h1-2,5-9,12,18,21H,3-4,10-11H2/t18-,21+/m1/s1. The van der Waals surface area contributed by atoms with Crippen molar-refractivity contribution in [3.8, 4) is 0 Å². The van der Waals surface area contributed by atoms with Crippen molar-refractivity contribution in [2.24, 2.45) is 0 Å². The summed E-state index contributed by atoms with van der Waals surface area (Å²) in [4.78, 5) is 29.3. The van der Waals surface area contributed by atoms with Crippen LogP contribution in [0.4, 0.5) is 26.3 Å². The zero-order chi connectivity index (χ0) is 25.8. The molecule has 0 saturated carbocycles. The Morgan fingerprint density at radius 3 is 2.14 bits per heavy atom. The molecular formula is C25H18F6N2O3. The van der Waals surface area contributed by atoms with Gasteiger partial charge in [-0.15, -0.1) is 0 Å². The summed E-state index contributed by atoms with van der Waals surface area (Å²) < 4.78 is 86.1. The molecule has 5 rings (SSSR count). The van der Waals surface area contributed by atoms with Crippen LogP contribution in [0, 0.1) is 0 Å². The number of rotatable bonds is 6. The Kier molecular flexibility index (Phi) is 5.77. The van der Waals surface area contributed by atoms with Gasteiger partial charge in [-0.3, -0.25) is 14.5 Å². The highest BCUT2D eigenvalue weighted by atomic mass is 19.4. The molecule has 188 valence electrons. The highest BCUT2D eigenvalue weighted by Crippen LogP contribution is 2.47. The van der Waals surface area contributed by atoms with E-state index < -0.39 is 41.3 Å². The van der Waals surface area contributed by atoms with E-state index in [1.54, 1.807) is 24.3 Å². The smallest absolute Gasteiger partial charge is 0.364 e. The number of pyridine rings is 1. The number of fused-ring (bicyclic) bond motifs is 2. The minimum absolute atomic E-state index is 0.00349. The Morgan fingerprint density at radius 2 is 1.53 bits per heavy atom. The number of nitrogens with zero attached hydrogens (tertiary/aromatic N) is 2. The van der Waals surface area contributed by atoms with Gasteiger partial charge >= 0.3 is 12.4 Å². The first kappa shape index (κ1) is 24.2. The molecule has 1 aromatic heterocycles. The maximum Gasteiger partial charge on any atom is 0.433 e. The molecule has 5 nitrogen and oxygen atoms in total. The van der Waals surface area contributed by atoms with Gasteiger partial charge in [-0.25, -0.2) is 4.98 Å². The zero-order valence-corrected chi connectivity index (χ0v) is 18.5. The third-order valence-electron chi connectivity index (χ3n) is 6.35. The number of ether oxygens (including phenoxy) is 1. The number of para-hydroxylation sites is 1. The lowest BCUT2D eigenvalue weighted by Gasteiger charge is -2.15. The molecule has 1 fully saturated rings. The van der Waals surface area contributed by atoms with Crippen molar-refractivity contribution in [2.75, 3.05) is 6.54 Å². The summed E-state index contributed by atoms with van der Waals surface area (Å²) in [7, 11) is 0. The van der Waals surface area contributed by atoms with Gasteiger partial charge in [0.1, 0.15) is 11.8 Å². The zero-order valence-electron chi connectivity index (χ0n) is 18.5. The summed E-state index contributed by atoms with van der Waals surface area (Å²) in [5.74, 6) is -0.751. The molecule has 0 unspecified atom stereocenters. The quantitative estimate of drug-likeness (QED) is 0.173. The maximum absolute atomic E-state index is 13.4. The van der Waals surface area contributed by atoms with E-state index >= 15 is 0 Å². The van der Waals surface area contributed by atoms with Crippen LogP contribution < -0.4 is 0 Å². The van der Waals surface area contributed by atoms with Gasteiger partial charge in [0.05, 0.1) is 28.3 Å². The highest BCUT2D eigenvalue weighted by molar-refractivity contribution is 6.21. The predicted molar refractivity (Wildman–Crippen MR) is 115 cm³/mol. The lowest BCUT2D eigenvalue weighted by atomic mass is 9.98. The lowest BCUT2D eigenvalue weighted by molar-refractivity contribution is -0.142. The molecule has 0 spiro atoms. The molecule has 2 aliphatic heterocycles. The Hall–Kier alpha value is -3.47.